The van der Waals surface area contributed by atoms with E-state index in [1.165, 1.54) is 12.1 Å². The Morgan fingerprint density at radius 3 is 2.38 bits per heavy atom. The summed E-state index contributed by atoms with van der Waals surface area (Å²) in [6.45, 7) is 3.57. The molecule has 6 heteroatoms. The van der Waals surface area contributed by atoms with Crippen molar-refractivity contribution < 1.29 is 4.39 Å². The van der Waals surface area contributed by atoms with Gasteiger partial charge in [-0.1, -0.05) is 12.1 Å². The van der Waals surface area contributed by atoms with Gasteiger partial charge in [0.1, 0.15) is 23.8 Å². The van der Waals surface area contributed by atoms with Crippen molar-refractivity contribution in [2.45, 2.75) is 19.4 Å². The van der Waals surface area contributed by atoms with Crippen LogP contribution in [0.2, 0.25) is 0 Å². The molecule has 1 aromatic rings. The minimum atomic E-state index is -0.203. The topological polar surface area (TPSA) is 74.9 Å². The van der Waals surface area contributed by atoms with Gasteiger partial charge in [-0.2, -0.15) is 10.5 Å². The van der Waals surface area contributed by atoms with Crippen LogP contribution in [-0.4, -0.2) is 31.6 Å². The van der Waals surface area contributed by atoms with Gasteiger partial charge in [-0.3, -0.25) is 4.90 Å². The van der Waals surface area contributed by atoms with Crippen LogP contribution in [0.4, 0.5) is 4.39 Å². The molecule has 1 fully saturated rings. The average Bonchev–Trinajstić information content (AvgIpc) is 2.62. The number of likely N-dealkylation sites (tertiary alicyclic amines) is 1. The van der Waals surface area contributed by atoms with Crippen molar-refractivity contribution in [1.82, 2.24) is 15.5 Å². The molecule has 0 unspecified atom stereocenters. The highest BCUT2D eigenvalue weighted by molar-refractivity contribution is 5.38. The lowest BCUT2D eigenvalue weighted by molar-refractivity contribution is 0.176. The Kier molecular flexibility index (Phi) is 6.60. The molecule has 5 nitrogen and oxygen atoms in total. The van der Waals surface area contributed by atoms with Crippen LogP contribution >= 0.6 is 0 Å². The Morgan fingerprint density at radius 1 is 1.21 bits per heavy atom. The molecule has 2 N–H and O–H groups in total. The van der Waals surface area contributed by atoms with E-state index >= 15 is 0 Å². The van der Waals surface area contributed by atoms with Gasteiger partial charge in [0, 0.05) is 20.1 Å². The fraction of sp³-hybridized carbons (Fsp3) is 0.444. The first kappa shape index (κ1) is 17.8. The first-order valence-corrected chi connectivity index (χ1v) is 8.09. The number of halogens is 1. The second kappa shape index (κ2) is 8.90. The Balaban J connectivity index is 1.79. The molecule has 1 aliphatic rings. The lowest BCUT2D eigenvalue weighted by Crippen LogP contribution is -2.38. The maximum absolute atomic E-state index is 12.9. The molecule has 0 aromatic heterocycles. The van der Waals surface area contributed by atoms with E-state index in [1.807, 2.05) is 24.3 Å². The van der Waals surface area contributed by atoms with Crippen LogP contribution in [0.15, 0.2) is 35.7 Å². The number of rotatable bonds is 6. The van der Waals surface area contributed by atoms with E-state index in [9.17, 15) is 4.39 Å². The summed E-state index contributed by atoms with van der Waals surface area (Å²) < 4.78 is 12.9. The van der Waals surface area contributed by atoms with Crippen LogP contribution in [0.1, 0.15) is 18.4 Å². The molecule has 0 saturated carbocycles. The molecule has 2 rings (SSSR count). The second-order valence-corrected chi connectivity index (χ2v) is 5.95. The molecule has 0 radical (unpaired) electrons. The molecule has 1 aromatic carbocycles. The van der Waals surface area contributed by atoms with E-state index in [2.05, 4.69) is 15.5 Å². The molecule has 0 bridgehead atoms. The summed E-state index contributed by atoms with van der Waals surface area (Å²) in [6.07, 6.45) is 2.11. The van der Waals surface area contributed by atoms with Gasteiger partial charge >= 0.3 is 0 Å². The third-order valence-electron chi connectivity index (χ3n) is 4.32. The molecule has 1 aliphatic heterocycles. The molecular formula is C18H22FN5. The summed E-state index contributed by atoms with van der Waals surface area (Å²) >= 11 is 0. The van der Waals surface area contributed by atoms with E-state index in [0.29, 0.717) is 11.7 Å². The summed E-state index contributed by atoms with van der Waals surface area (Å²) in [6, 6.07) is 10.4. The van der Waals surface area contributed by atoms with Crippen molar-refractivity contribution in [2.75, 3.05) is 26.7 Å². The van der Waals surface area contributed by atoms with Crippen LogP contribution in [0.3, 0.4) is 0 Å². The van der Waals surface area contributed by atoms with Gasteiger partial charge in [0.15, 0.2) is 5.57 Å². The monoisotopic (exact) mass is 327 g/mol. The number of hydrogen-bond acceptors (Lipinski definition) is 5. The summed E-state index contributed by atoms with van der Waals surface area (Å²) in [7, 11) is 1.70. The molecule has 24 heavy (non-hydrogen) atoms. The molecule has 1 heterocycles. The molecule has 1 saturated heterocycles. The highest BCUT2D eigenvalue weighted by Gasteiger charge is 2.19. The van der Waals surface area contributed by atoms with Gasteiger partial charge in [0.2, 0.25) is 0 Å². The molecule has 0 spiro atoms. The van der Waals surface area contributed by atoms with Crippen molar-refractivity contribution in [1.29, 1.82) is 10.5 Å². The minimum absolute atomic E-state index is 0.0752. The Morgan fingerprint density at radius 2 is 1.83 bits per heavy atom. The van der Waals surface area contributed by atoms with Gasteiger partial charge in [0.05, 0.1) is 0 Å². The maximum atomic E-state index is 12.9. The molecular weight excluding hydrogens is 305 g/mol. The zero-order valence-corrected chi connectivity index (χ0v) is 13.8. The van der Waals surface area contributed by atoms with Crippen molar-refractivity contribution in [3.63, 3.8) is 0 Å². The van der Waals surface area contributed by atoms with E-state index in [4.69, 9.17) is 10.5 Å². The largest absolute Gasteiger partial charge is 0.373 e. The van der Waals surface area contributed by atoms with Gasteiger partial charge < -0.3 is 10.6 Å². The van der Waals surface area contributed by atoms with Crippen molar-refractivity contribution in [3.8, 4) is 12.1 Å². The number of piperidine rings is 1. The van der Waals surface area contributed by atoms with Gasteiger partial charge in [-0.25, -0.2) is 4.39 Å². The zero-order valence-electron chi connectivity index (χ0n) is 13.8. The third-order valence-corrected chi connectivity index (χ3v) is 4.32. The van der Waals surface area contributed by atoms with Crippen molar-refractivity contribution >= 4 is 0 Å². The Hall–Kier alpha value is -2.57. The fourth-order valence-corrected chi connectivity index (χ4v) is 2.88. The number of hydrogen-bond donors (Lipinski definition) is 2. The van der Waals surface area contributed by atoms with Gasteiger partial charge in [-0.15, -0.1) is 0 Å². The highest BCUT2D eigenvalue weighted by atomic mass is 19.1. The maximum Gasteiger partial charge on any atom is 0.169 e. The Bertz CT molecular complexity index is 629. The number of benzene rings is 1. The molecule has 0 aliphatic carbocycles. The average molecular weight is 327 g/mol. The fourth-order valence-electron chi connectivity index (χ4n) is 2.88. The molecule has 0 atom stereocenters. The molecule has 126 valence electrons. The van der Waals surface area contributed by atoms with E-state index in [-0.39, 0.29) is 11.4 Å². The van der Waals surface area contributed by atoms with Crippen molar-refractivity contribution in [2.24, 2.45) is 5.92 Å². The summed E-state index contributed by atoms with van der Waals surface area (Å²) in [4.78, 5) is 2.37. The van der Waals surface area contributed by atoms with Crippen LogP contribution in [0, 0.1) is 34.4 Å². The number of allylic oxidation sites excluding steroid dienone is 1. The van der Waals surface area contributed by atoms with Crippen molar-refractivity contribution in [3.05, 3.63) is 47.0 Å². The summed E-state index contributed by atoms with van der Waals surface area (Å²) in [5.74, 6) is 0.802. The number of nitriles is 2. The van der Waals surface area contributed by atoms with E-state index < -0.39 is 0 Å². The zero-order chi connectivity index (χ0) is 17.4. The Labute approximate surface area is 142 Å². The SMILES string of the molecule is CNC(NCC1CCN(Cc2ccc(F)cc2)CC1)=C(C#N)C#N. The number of nitrogens with one attached hydrogen (secondary N) is 2. The second-order valence-electron chi connectivity index (χ2n) is 5.95. The summed E-state index contributed by atoms with van der Waals surface area (Å²) in [5.41, 5.74) is 1.20. The number of nitrogens with zero attached hydrogens (tertiary/aromatic N) is 3. The minimum Gasteiger partial charge on any atom is -0.373 e. The normalized spacial score (nSPS) is 15.2. The quantitative estimate of drug-likeness (QED) is 0.783. The first-order chi connectivity index (χ1) is 11.7. The lowest BCUT2D eigenvalue weighted by atomic mass is 9.96. The van der Waals surface area contributed by atoms with Gasteiger partial charge in [0.25, 0.3) is 0 Å². The lowest BCUT2D eigenvalue weighted by Gasteiger charge is -2.32. The highest BCUT2D eigenvalue weighted by Crippen LogP contribution is 2.19. The van der Waals surface area contributed by atoms with Crippen LogP contribution < -0.4 is 10.6 Å². The van der Waals surface area contributed by atoms with Crippen LogP contribution in [0.25, 0.3) is 0 Å². The van der Waals surface area contributed by atoms with Crippen LogP contribution in [0.5, 0.6) is 0 Å². The summed E-state index contributed by atoms with van der Waals surface area (Å²) in [5, 5.41) is 23.9. The van der Waals surface area contributed by atoms with E-state index in [0.717, 1.165) is 44.6 Å². The first-order valence-electron chi connectivity index (χ1n) is 8.09. The molecule has 0 amide bonds. The predicted molar refractivity (Wildman–Crippen MR) is 89.7 cm³/mol. The van der Waals surface area contributed by atoms with E-state index in [1.54, 1.807) is 7.05 Å². The van der Waals surface area contributed by atoms with Gasteiger partial charge in [-0.05, 0) is 49.5 Å². The smallest absolute Gasteiger partial charge is 0.169 e. The van der Waals surface area contributed by atoms with Crippen LogP contribution in [-0.2, 0) is 6.54 Å². The third kappa shape index (κ3) is 4.97. The standard InChI is InChI=1S/C18H22FN5/c1-22-18(16(10-20)11-21)23-12-14-6-8-24(9-7-14)13-15-2-4-17(19)5-3-15/h2-5,14,22-23H,6-9,12-13H2,1H3. The predicted octanol–water partition coefficient (Wildman–Crippen LogP) is 2.11.